The van der Waals surface area contributed by atoms with Gasteiger partial charge in [-0.1, -0.05) is 38.8 Å². The van der Waals surface area contributed by atoms with E-state index in [9.17, 15) is 19.5 Å². The van der Waals surface area contributed by atoms with Crippen LogP contribution in [0, 0.1) is 28.6 Å². The highest BCUT2D eigenvalue weighted by Crippen LogP contribution is 2.69. The van der Waals surface area contributed by atoms with Crippen LogP contribution in [0.4, 0.5) is 0 Å². The maximum Gasteiger partial charge on any atom is 0.238 e. The van der Waals surface area contributed by atoms with Crippen molar-refractivity contribution in [3.8, 4) is 0 Å². The van der Waals surface area contributed by atoms with Gasteiger partial charge in [0.2, 0.25) is 5.91 Å². The molecular formula is C31H44N2O7. The van der Waals surface area contributed by atoms with Gasteiger partial charge in [0.05, 0.1) is 18.8 Å². The fourth-order valence-corrected chi connectivity index (χ4v) is 9.36. The number of allylic oxidation sites excluding steroid dienone is 4. The molecule has 2 aliphatic heterocycles. The molecule has 220 valence electrons. The van der Waals surface area contributed by atoms with E-state index < -0.39 is 35.7 Å². The van der Waals surface area contributed by atoms with Crippen LogP contribution in [0.3, 0.4) is 0 Å². The van der Waals surface area contributed by atoms with Crippen LogP contribution in [0.15, 0.2) is 23.8 Å². The minimum absolute atomic E-state index is 0.0162. The van der Waals surface area contributed by atoms with Crippen LogP contribution in [0.5, 0.6) is 0 Å². The van der Waals surface area contributed by atoms with Crippen molar-refractivity contribution < 1.29 is 33.7 Å². The quantitative estimate of drug-likeness (QED) is 0.469. The molecule has 5 fully saturated rings. The molecular weight excluding hydrogens is 512 g/mol. The second-order valence-electron chi connectivity index (χ2n) is 13.2. The maximum atomic E-state index is 14.3. The molecule has 6 rings (SSSR count). The number of Topliss-reactive ketones (excluding diaryl/α,β-unsaturated/α-hetero) is 1. The number of hydrogen-bond donors (Lipinski definition) is 2. The second kappa shape index (κ2) is 10.1. The van der Waals surface area contributed by atoms with Gasteiger partial charge < -0.3 is 29.5 Å². The van der Waals surface area contributed by atoms with Gasteiger partial charge in [0, 0.05) is 29.7 Å². The standard InChI is InChI=1S/C31H44N2O7/c1-5-6-27-39-24-14-21-20-8-7-18-13-19(34)9-11-29(18,2)28(20)22(35)15-30(21,3)31(24,40-27)23(36)17-38-26-10-12-33(26)25(37)16-32-4/h9,11,13,20-22,24,26-28,32,35H,5-8,10,12,14-17H2,1-4H3/t20-,21-,22-,24+,26?,27?,28+,29-,30-,31+/m0/s1. The van der Waals surface area contributed by atoms with Gasteiger partial charge in [-0.15, -0.1) is 0 Å². The van der Waals surface area contributed by atoms with E-state index in [0.29, 0.717) is 32.2 Å². The van der Waals surface area contributed by atoms with Gasteiger partial charge in [-0.3, -0.25) is 14.4 Å². The van der Waals surface area contributed by atoms with Crippen molar-refractivity contribution in [2.24, 2.45) is 28.6 Å². The Balaban J connectivity index is 1.28. The molecule has 40 heavy (non-hydrogen) atoms. The van der Waals surface area contributed by atoms with Gasteiger partial charge in [0.15, 0.2) is 23.5 Å². The lowest BCUT2D eigenvalue weighted by Crippen LogP contribution is -2.64. The summed E-state index contributed by atoms with van der Waals surface area (Å²) in [6.07, 6.45) is 8.52. The molecule has 2 N–H and O–H groups in total. The molecule has 0 bridgehead atoms. The number of carbonyl (C=O) groups excluding carboxylic acids is 3. The molecule has 4 aliphatic carbocycles. The Morgan fingerprint density at radius 1 is 1.27 bits per heavy atom. The van der Waals surface area contributed by atoms with Gasteiger partial charge in [0.1, 0.15) is 12.8 Å². The smallest absolute Gasteiger partial charge is 0.238 e. The molecule has 3 saturated carbocycles. The Morgan fingerprint density at radius 2 is 2.08 bits per heavy atom. The summed E-state index contributed by atoms with van der Waals surface area (Å²) in [5.41, 5.74) is -1.11. The molecule has 6 aliphatic rings. The lowest BCUT2D eigenvalue weighted by molar-refractivity contribution is -0.206. The zero-order chi connectivity index (χ0) is 28.4. The molecule has 2 unspecified atom stereocenters. The Kier molecular flexibility index (Phi) is 7.14. The minimum atomic E-state index is -1.21. The molecule has 0 aromatic carbocycles. The third-order valence-corrected chi connectivity index (χ3v) is 11.2. The van der Waals surface area contributed by atoms with Crippen LogP contribution in [0.1, 0.15) is 65.7 Å². The van der Waals surface area contributed by atoms with Gasteiger partial charge in [-0.25, -0.2) is 0 Å². The summed E-state index contributed by atoms with van der Waals surface area (Å²) in [7, 11) is 1.73. The number of likely N-dealkylation sites (tertiary alicyclic amines) is 1. The van der Waals surface area contributed by atoms with E-state index in [1.165, 1.54) is 0 Å². The Labute approximate surface area is 236 Å². The summed E-state index contributed by atoms with van der Waals surface area (Å²) in [6, 6.07) is 0. The molecule has 9 nitrogen and oxygen atoms in total. The van der Waals surface area contributed by atoms with Crippen LogP contribution in [-0.2, 0) is 28.6 Å². The maximum absolute atomic E-state index is 14.3. The fraction of sp³-hybridized carbons (Fsp3) is 0.774. The van der Waals surface area contributed by atoms with Crippen LogP contribution in [0.25, 0.3) is 0 Å². The number of aliphatic hydroxyl groups is 1. The number of fused-ring (bicyclic) bond motifs is 7. The van der Waals surface area contributed by atoms with Crippen molar-refractivity contribution in [2.45, 2.75) is 96.0 Å². The number of nitrogens with one attached hydrogen (secondary N) is 1. The summed E-state index contributed by atoms with van der Waals surface area (Å²) >= 11 is 0. The summed E-state index contributed by atoms with van der Waals surface area (Å²) in [6.45, 7) is 7.03. The molecule has 2 saturated heterocycles. The number of carbonyl (C=O) groups is 3. The average molecular weight is 557 g/mol. The Hall–Kier alpha value is -1.91. The molecule has 0 radical (unpaired) electrons. The normalized spacial score (nSPS) is 45.2. The summed E-state index contributed by atoms with van der Waals surface area (Å²) in [5, 5.41) is 14.7. The zero-order valence-electron chi connectivity index (χ0n) is 24.2. The van der Waals surface area contributed by atoms with E-state index in [-0.39, 0.29) is 53.8 Å². The highest BCUT2D eigenvalue weighted by molar-refractivity contribution is 6.01. The number of amides is 1. The highest BCUT2D eigenvalue weighted by Gasteiger charge is 2.75. The van der Waals surface area contributed by atoms with Crippen molar-refractivity contribution in [1.29, 1.82) is 0 Å². The van der Waals surface area contributed by atoms with E-state index in [4.69, 9.17) is 14.2 Å². The summed E-state index contributed by atoms with van der Waals surface area (Å²) < 4.78 is 19.2. The minimum Gasteiger partial charge on any atom is -0.393 e. The Bertz CT molecular complexity index is 1140. The molecule has 0 aromatic heterocycles. The van der Waals surface area contributed by atoms with Gasteiger partial charge in [-0.2, -0.15) is 0 Å². The average Bonchev–Trinajstić information content (AvgIpc) is 3.36. The predicted octanol–water partition coefficient (Wildman–Crippen LogP) is 2.52. The number of rotatable bonds is 8. The number of aliphatic hydroxyl groups excluding tert-OH is 1. The monoisotopic (exact) mass is 556 g/mol. The van der Waals surface area contributed by atoms with E-state index in [0.717, 1.165) is 24.8 Å². The van der Waals surface area contributed by atoms with Gasteiger partial charge in [0.25, 0.3) is 0 Å². The second-order valence-corrected chi connectivity index (χ2v) is 13.2. The number of nitrogens with zero attached hydrogens (tertiary/aromatic N) is 1. The van der Waals surface area contributed by atoms with E-state index in [1.54, 1.807) is 24.1 Å². The number of likely N-dealkylation sites (N-methyl/N-ethyl adjacent to an activating group) is 1. The first-order chi connectivity index (χ1) is 19.1. The molecule has 0 spiro atoms. The lowest BCUT2D eigenvalue weighted by Gasteiger charge is -2.59. The van der Waals surface area contributed by atoms with Crippen LogP contribution >= 0.6 is 0 Å². The third-order valence-electron chi connectivity index (χ3n) is 11.2. The van der Waals surface area contributed by atoms with Crippen molar-refractivity contribution in [3.05, 3.63) is 23.8 Å². The fourth-order valence-electron chi connectivity index (χ4n) is 9.36. The third kappa shape index (κ3) is 3.95. The molecule has 10 atom stereocenters. The van der Waals surface area contributed by atoms with Crippen LogP contribution in [0.2, 0.25) is 0 Å². The first-order valence-electron chi connectivity index (χ1n) is 15.1. The largest absolute Gasteiger partial charge is 0.393 e. The first-order valence-corrected chi connectivity index (χ1v) is 15.1. The highest BCUT2D eigenvalue weighted by atomic mass is 16.7. The van der Waals surface area contributed by atoms with Gasteiger partial charge >= 0.3 is 0 Å². The van der Waals surface area contributed by atoms with Crippen LogP contribution in [-0.4, -0.2) is 84.6 Å². The number of ether oxygens (including phenoxy) is 3. The van der Waals surface area contributed by atoms with Gasteiger partial charge in [-0.05, 0) is 63.1 Å². The first kappa shape index (κ1) is 28.2. The SMILES string of the molecule is CCCC1O[C@@H]2C[C@H]3[C@@H]4CCC5=CC(=O)C=C[C@]5(C)[C@H]4[C@@H](O)C[C@]3(C)[C@]2(C(=O)COC2CCN2C(=O)CNC)O1. The van der Waals surface area contributed by atoms with E-state index >= 15 is 0 Å². The zero-order valence-corrected chi connectivity index (χ0v) is 24.2. The topological polar surface area (TPSA) is 114 Å². The van der Waals surface area contributed by atoms with Crippen molar-refractivity contribution in [2.75, 3.05) is 26.7 Å². The summed E-state index contributed by atoms with van der Waals surface area (Å²) in [4.78, 5) is 40.5. The van der Waals surface area contributed by atoms with E-state index in [1.807, 2.05) is 6.08 Å². The molecule has 0 aromatic rings. The van der Waals surface area contributed by atoms with Crippen molar-refractivity contribution in [1.82, 2.24) is 10.2 Å². The predicted molar refractivity (Wildman–Crippen MR) is 146 cm³/mol. The van der Waals surface area contributed by atoms with E-state index in [2.05, 4.69) is 26.1 Å². The summed E-state index contributed by atoms with van der Waals surface area (Å²) in [5.74, 6) is 0.0817. The Morgan fingerprint density at radius 3 is 2.77 bits per heavy atom. The number of ketones is 2. The molecule has 1 amide bonds. The lowest BCUT2D eigenvalue weighted by atomic mass is 9.46. The van der Waals surface area contributed by atoms with Crippen molar-refractivity contribution in [3.63, 3.8) is 0 Å². The number of hydrogen-bond acceptors (Lipinski definition) is 8. The molecule has 9 heteroatoms. The molecule has 2 heterocycles. The van der Waals surface area contributed by atoms with Crippen molar-refractivity contribution >= 4 is 17.5 Å². The van der Waals surface area contributed by atoms with Crippen LogP contribution < -0.4 is 5.32 Å².